The standard InChI is InChI=1S/C14H20O4/c15-14(9-2-4-11-13(6-9)18-11)16-7-8-1-3-10-12(5-8)17-10/h8-13H,1-7H2/t8-,9?,10?,11?,12?,13?/m1/s1. The number of carbonyl (C=O) groups excluding carboxylic acids is 1. The lowest BCUT2D eigenvalue weighted by Gasteiger charge is -2.21. The lowest BCUT2D eigenvalue weighted by Crippen LogP contribution is -2.27. The van der Waals surface area contributed by atoms with Crippen molar-refractivity contribution in [3.05, 3.63) is 0 Å². The third-order valence-electron chi connectivity index (χ3n) is 4.91. The third-order valence-corrected chi connectivity index (χ3v) is 4.91. The minimum atomic E-state index is 0.00258. The van der Waals surface area contributed by atoms with Gasteiger partial charge in [0.25, 0.3) is 0 Å². The predicted molar refractivity (Wildman–Crippen MR) is 63.0 cm³/mol. The molecule has 0 bridgehead atoms. The Hall–Kier alpha value is -0.610. The van der Waals surface area contributed by atoms with Crippen LogP contribution in [0.5, 0.6) is 0 Å². The monoisotopic (exact) mass is 252 g/mol. The van der Waals surface area contributed by atoms with E-state index >= 15 is 0 Å². The molecule has 0 amide bonds. The molecule has 4 heteroatoms. The molecule has 0 N–H and O–H groups in total. The first-order valence-electron chi connectivity index (χ1n) is 7.27. The largest absolute Gasteiger partial charge is 0.465 e. The highest BCUT2D eigenvalue weighted by Crippen LogP contribution is 2.41. The van der Waals surface area contributed by atoms with Crippen LogP contribution in [0.25, 0.3) is 0 Å². The molecule has 18 heavy (non-hydrogen) atoms. The maximum Gasteiger partial charge on any atom is 0.309 e. The molecule has 6 atom stereocenters. The van der Waals surface area contributed by atoms with Gasteiger partial charge in [0.2, 0.25) is 0 Å². The van der Waals surface area contributed by atoms with Crippen molar-refractivity contribution < 1.29 is 19.0 Å². The number of carbonyl (C=O) groups is 1. The number of epoxide rings is 2. The minimum Gasteiger partial charge on any atom is -0.465 e. The van der Waals surface area contributed by atoms with Gasteiger partial charge >= 0.3 is 5.97 Å². The molecule has 0 aromatic rings. The summed E-state index contributed by atoms with van der Waals surface area (Å²) < 4.78 is 16.4. The quantitative estimate of drug-likeness (QED) is 0.566. The summed E-state index contributed by atoms with van der Waals surface area (Å²) in [7, 11) is 0. The van der Waals surface area contributed by atoms with Crippen LogP contribution >= 0.6 is 0 Å². The number of ether oxygens (including phenoxy) is 3. The Kier molecular flexibility index (Phi) is 2.62. The van der Waals surface area contributed by atoms with Gasteiger partial charge in [-0.05, 0) is 44.4 Å². The summed E-state index contributed by atoms with van der Waals surface area (Å²) in [6, 6.07) is 0. The van der Waals surface area contributed by atoms with E-state index < -0.39 is 0 Å². The molecule has 5 unspecified atom stereocenters. The topological polar surface area (TPSA) is 51.4 Å². The summed E-state index contributed by atoms with van der Waals surface area (Å²) in [6.45, 7) is 0.594. The van der Waals surface area contributed by atoms with Gasteiger partial charge < -0.3 is 14.2 Å². The van der Waals surface area contributed by atoms with Gasteiger partial charge in [0.1, 0.15) is 0 Å². The highest BCUT2D eigenvalue weighted by molar-refractivity contribution is 5.72. The molecular formula is C14H20O4. The molecule has 4 nitrogen and oxygen atoms in total. The van der Waals surface area contributed by atoms with Crippen molar-refractivity contribution in [2.45, 2.75) is 62.9 Å². The average Bonchev–Trinajstić information content (AvgIpc) is 3.26. The zero-order chi connectivity index (χ0) is 12.1. The van der Waals surface area contributed by atoms with E-state index in [4.69, 9.17) is 14.2 Å². The summed E-state index contributed by atoms with van der Waals surface area (Å²) in [5.41, 5.74) is 0. The number of hydrogen-bond acceptors (Lipinski definition) is 4. The van der Waals surface area contributed by atoms with E-state index in [0.717, 1.165) is 38.5 Å². The van der Waals surface area contributed by atoms with E-state index in [2.05, 4.69) is 0 Å². The molecule has 0 aromatic heterocycles. The van der Waals surface area contributed by atoms with Gasteiger partial charge in [-0.1, -0.05) is 0 Å². The van der Waals surface area contributed by atoms with E-state index in [0.29, 0.717) is 36.9 Å². The Labute approximate surface area is 107 Å². The molecule has 0 aromatic carbocycles. The van der Waals surface area contributed by atoms with Crippen molar-refractivity contribution >= 4 is 5.97 Å². The summed E-state index contributed by atoms with van der Waals surface area (Å²) >= 11 is 0. The fourth-order valence-corrected chi connectivity index (χ4v) is 3.57. The predicted octanol–water partition coefficient (Wildman–Crippen LogP) is 1.66. The summed E-state index contributed by atoms with van der Waals surface area (Å²) in [6.07, 6.45) is 8.03. The fourth-order valence-electron chi connectivity index (χ4n) is 3.57. The molecular weight excluding hydrogens is 232 g/mol. The Morgan fingerprint density at radius 1 is 0.944 bits per heavy atom. The molecule has 0 spiro atoms. The van der Waals surface area contributed by atoms with Gasteiger partial charge in [0, 0.05) is 0 Å². The molecule has 4 fully saturated rings. The zero-order valence-corrected chi connectivity index (χ0v) is 10.5. The first kappa shape index (κ1) is 11.2. The molecule has 0 radical (unpaired) electrons. The van der Waals surface area contributed by atoms with Crippen molar-refractivity contribution in [1.82, 2.24) is 0 Å². The summed E-state index contributed by atoms with van der Waals surface area (Å²) in [4.78, 5) is 12.0. The van der Waals surface area contributed by atoms with E-state index in [-0.39, 0.29) is 11.9 Å². The van der Waals surface area contributed by atoms with Gasteiger partial charge in [-0.3, -0.25) is 4.79 Å². The van der Waals surface area contributed by atoms with Crippen molar-refractivity contribution in [1.29, 1.82) is 0 Å². The summed E-state index contributed by atoms with van der Waals surface area (Å²) in [5.74, 6) is 0.608. The molecule has 2 heterocycles. The van der Waals surface area contributed by atoms with Crippen LogP contribution in [0.2, 0.25) is 0 Å². The van der Waals surface area contributed by atoms with Crippen molar-refractivity contribution in [3.63, 3.8) is 0 Å². The van der Waals surface area contributed by atoms with Crippen LogP contribution in [0.15, 0.2) is 0 Å². The van der Waals surface area contributed by atoms with Crippen LogP contribution in [-0.4, -0.2) is 37.0 Å². The van der Waals surface area contributed by atoms with E-state index in [1.807, 2.05) is 0 Å². The lowest BCUT2D eigenvalue weighted by molar-refractivity contribution is -0.151. The Bertz CT molecular complexity index is 356. The number of fused-ring (bicyclic) bond motifs is 2. The first-order chi connectivity index (χ1) is 8.79. The molecule has 4 aliphatic rings. The number of hydrogen-bond donors (Lipinski definition) is 0. The number of esters is 1. The minimum absolute atomic E-state index is 0.00258. The molecule has 100 valence electrons. The van der Waals surface area contributed by atoms with Gasteiger partial charge in [0.15, 0.2) is 0 Å². The maximum atomic E-state index is 12.0. The van der Waals surface area contributed by atoms with Crippen LogP contribution in [-0.2, 0) is 19.0 Å². The fraction of sp³-hybridized carbons (Fsp3) is 0.929. The van der Waals surface area contributed by atoms with Gasteiger partial charge in [-0.2, -0.15) is 0 Å². The molecule has 2 aliphatic carbocycles. The van der Waals surface area contributed by atoms with Crippen molar-refractivity contribution in [2.24, 2.45) is 11.8 Å². The van der Waals surface area contributed by atoms with Crippen LogP contribution < -0.4 is 0 Å². The average molecular weight is 252 g/mol. The smallest absolute Gasteiger partial charge is 0.309 e. The Morgan fingerprint density at radius 2 is 1.67 bits per heavy atom. The second-order valence-electron chi connectivity index (χ2n) is 6.25. The van der Waals surface area contributed by atoms with Gasteiger partial charge in [-0.25, -0.2) is 0 Å². The zero-order valence-electron chi connectivity index (χ0n) is 10.5. The Morgan fingerprint density at radius 3 is 2.39 bits per heavy atom. The molecule has 2 aliphatic heterocycles. The normalized spacial score (nSPS) is 48.9. The van der Waals surface area contributed by atoms with Crippen LogP contribution in [0, 0.1) is 11.8 Å². The highest BCUT2D eigenvalue weighted by atomic mass is 16.6. The van der Waals surface area contributed by atoms with E-state index in [1.54, 1.807) is 0 Å². The third kappa shape index (κ3) is 2.16. The second kappa shape index (κ2) is 4.20. The highest BCUT2D eigenvalue weighted by Gasteiger charge is 2.47. The lowest BCUT2D eigenvalue weighted by atomic mass is 9.89. The molecule has 2 saturated carbocycles. The summed E-state index contributed by atoms with van der Waals surface area (Å²) in [5, 5.41) is 0. The van der Waals surface area contributed by atoms with Gasteiger partial charge in [-0.15, -0.1) is 0 Å². The molecule has 2 saturated heterocycles. The maximum absolute atomic E-state index is 12.0. The van der Waals surface area contributed by atoms with Crippen LogP contribution in [0.3, 0.4) is 0 Å². The van der Waals surface area contributed by atoms with E-state index in [1.165, 1.54) is 0 Å². The van der Waals surface area contributed by atoms with Gasteiger partial charge in [0.05, 0.1) is 36.9 Å². The Balaban J connectivity index is 1.23. The molecule has 4 rings (SSSR count). The van der Waals surface area contributed by atoms with Crippen molar-refractivity contribution in [3.8, 4) is 0 Å². The van der Waals surface area contributed by atoms with E-state index in [9.17, 15) is 4.79 Å². The van der Waals surface area contributed by atoms with Crippen molar-refractivity contribution in [2.75, 3.05) is 6.61 Å². The number of rotatable bonds is 3. The second-order valence-corrected chi connectivity index (χ2v) is 6.25. The van der Waals surface area contributed by atoms with Crippen LogP contribution in [0.4, 0.5) is 0 Å². The van der Waals surface area contributed by atoms with Crippen LogP contribution in [0.1, 0.15) is 38.5 Å². The first-order valence-corrected chi connectivity index (χ1v) is 7.27. The SMILES string of the molecule is O=C(OC[C@@H]1CCC2OC2C1)C1CCC2OC2C1.